The van der Waals surface area contributed by atoms with Crippen LogP contribution in [0.1, 0.15) is 37.9 Å². The van der Waals surface area contributed by atoms with Crippen LogP contribution in [0.15, 0.2) is 36.4 Å². The summed E-state index contributed by atoms with van der Waals surface area (Å²) in [6.45, 7) is 2.93. The monoisotopic (exact) mass is 462 g/mol. The van der Waals surface area contributed by atoms with Gasteiger partial charge in [-0.05, 0) is 22.9 Å². The maximum atomic E-state index is 13.2. The van der Waals surface area contributed by atoms with Gasteiger partial charge in [0, 0.05) is 25.2 Å². The van der Waals surface area contributed by atoms with Crippen molar-refractivity contribution in [2.24, 2.45) is 7.05 Å². The fraction of sp³-hybridized carbons (Fsp3) is 0.250. The van der Waals surface area contributed by atoms with Crippen LogP contribution in [0, 0.1) is 6.92 Å². The van der Waals surface area contributed by atoms with Crippen molar-refractivity contribution in [3.63, 3.8) is 0 Å². The molecule has 0 radical (unpaired) electrons. The molecule has 0 aliphatic heterocycles. The Morgan fingerprint density at radius 2 is 1.62 bits per heavy atom. The van der Waals surface area contributed by atoms with E-state index in [4.69, 9.17) is 4.74 Å². The van der Waals surface area contributed by atoms with Crippen molar-refractivity contribution in [3.8, 4) is 0 Å². The van der Waals surface area contributed by atoms with E-state index in [1.165, 1.54) is 0 Å². The van der Waals surface area contributed by atoms with Gasteiger partial charge in [-0.15, -0.1) is 0 Å². The minimum Gasteiger partial charge on any atom is -1.00 e. The van der Waals surface area contributed by atoms with E-state index in [1.54, 1.807) is 7.11 Å². The lowest BCUT2D eigenvalue weighted by Gasteiger charge is -2.14. The number of imidazole rings is 1. The predicted octanol–water partition coefficient (Wildman–Crippen LogP) is -0.800. The molecule has 0 saturated heterocycles. The number of benzene rings is 2. The highest BCUT2D eigenvalue weighted by Gasteiger charge is 2.42. The molecule has 0 N–H and O–H groups in total. The molecule has 2 aromatic carbocycles. The van der Waals surface area contributed by atoms with Gasteiger partial charge in [-0.2, -0.15) is 0 Å². The first-order valence-electron chi connectivity index (χ1n) is 8.25. The molecular weight excluding hydrogens is 443 g/mol. The molecule has 0 unspecified atom stereocenters. The summed E-state index contributed by atoms with van der Waals surface area (Å²) in [7, 11) is 3.45. The van der Waals surface area contributed by atoms with Crippen molar-refractivity contribution >= 4 is 22.3 Å². The third-order valence-electron chi connectivity index (χ3n) is 5.03. The summed E-state index contributed by atoms with van der Waals surface area (Å²) < 4.78 is 8.86. The Kier molecular flexibility index (Phi) is 4.98. The first-order valence-corrected chi connectivity index (χ1v) is 8.25. The Morgan fingerprint density at radius 1 is 1.04 bits per heavy atom. The van der Waals surface area contributed by atoms with Crippen LogP contribution in [0.3, 0.4) is 0 Å². The van der Waals surface area contributed by atoms with Gasteiger partial charge in [-0.3, -0.25) is 9.59 Å². The topological polar surface area (TPSA) is 52.2 Å². The molecule has 0 bridgehead atoms. The maximum absolute atomic E-state index is 13.2. The molecule has 3 aromatic rings. The number of aromatic nitrogens is 2. The van der Waals surface area contributed by atoms with Crippen LogP contribution in [-0.4, -0.2) is 29.9 Å². The largest absolute Gasteiger partial charge is 1.00 e. The van der Waals surface area contributed by atoms with Crippen molar-refractivity contribution in [3.05, 3.63) is 64.7 Å². The number of carbonyl (C=O) groups excluding carboxylic acids is 2. The summed E-state index contributed by atoms with van der Waals surface area (Å²) in [5.41, 5.74) is 1.88. The number of methoxy groups -OCH3 is 1. The molecule has 1 aliphatic rings. The number of ketones is 2. The molecule has 0 saturated carbocycles. The minimum absolute atomic E-state index is 0. The fourth-order valence-electron chi connectivity index (χ4n) is 3.61. The van der Waals surface area contributed by atoms with Crippen molar-refractivity contribution < 1.29 is 42.9 Å². The number of fused-ring (bicyclic) bond motifs is 3. The number of nitrogens with zero attached hydrogens (tertiary/aromatic N) is 2. The average Bonchev–Trinajstić information content (AvgIpc) is 2.88. The molecule has 5 nitrogen and oxygen atoms in total. The summed E-state index contributed by atoms with van der Waals surface area (Å²) in [5, 5.41) is 1.92. The van der Waals surface area contributed by atoms with E-state index in [0.717, 1.165) is 16.6 Å². The maximum Gasteiger partial charge on any atom is 0.254 e. The number of rotatable bonds is 3. The third kappa shape index (κ3) is 2.59. The molecular formula is C20H19IN2O3. The van der Waals surface area contributed by atoms with Crippen LogP contribution in [0.25, 0.3) is 10.8 Å². The van der Waals surface area contributed by atoms with Crippen LogP contribution < -0.4 is 28.5 Å². The highest BCUT2D eigenvalue weighted by molar-refractivity contribution is 6.27. The molecule has 6 heteroatoms. The molecule has 0 spiro atoms. The molecule has 1 aromatic heterocycles. The molecule has 26 heavy (non-hydrogen) atoms. The van der Waals surface area contributed by atoms with Gasteiger partial charge in [0.1, 0.15) is 6.54 Å². The number of ether oxygens (including phenoxy) is 1. The molecule has 0 amide bonds. The van der Waals surface area contributed by atoms with Crippen molar-refractivity contribution in [2.75, 3.05) is 13.7 Å². The summed E-state index contributed by atoms with van der Waals surface area (Å²) in [4.78, 5) is 26.4. The van der Waals surface area contributed by atoms with Crippen molar-refractivity contribution in [1.82, 2.24) is 4.57 Å². The Morgan fingerprint density at radius 3 is 2.19 bits per heavy atom. The summed E-state index contributed by atoms with van der Waals surface area (Å²) in [5.74, 6) is 0.661. The number of carbonyl (C=O) groups is 2. The van der Waals surface area contributed by atoms with Crippen LogP contribution in [-0.2, 0) is 18.3 Å². The zero-order valence-electron chi connectivity index (χ0n) is 14.9. The first kappa shape index (κ1) is 18.7. The van der Waals surface area contributed by atoms with E-state index >= 15 is 0 Å². The molecule has 1 heterocycles. The zero-order valence-corrected chi connectivity index (χ0v) is 17.0. The van der Waals surface area contributed by atoms with E-state index in [0.29, 0.717) is 35.7 Å². The van der Waals surface area contributed by atoms with E-state index < -0.39 is 0 Å². The smallest absolute Gasteiger partial charge is 0.254 e. The second kappa shape index (κ2) is 6.92. The van der Waals surface area contributed by atoms with Gasteiger partial charge in [-0.1, -0.05) is 24.3 Å². The normalized spacial score (nSPS) is 12.7. The Balaban J connectivity index is 0.00000196. The van der Waals surface area contributed by atoms with Crippen LogP contribution in [0.5, 0.6) is 0 Å². The Labute approximate surface area is 168 Å². The highest BCUT2D eigenvalue weighted by Crippen LogP contribution is 2.30. The molecule has 134 valence electrons. The van der Waals surface area contributed by atoms with Gasteiger partial charge in [0.2, 0.25) is 23.0 Å². The predicted molar refractivity (Wildman–Crippen MR) is 93.0 cm³/mol. The summed E-state index contributed by atoms with van der Waals surface area (Å²) >= 11 is 0. The van der Waals surface area contributed by atoms with Crippen LogP contribution in [0.2, 0.25) is 0 Å². The van der Waals surface area contributed by atoms with Crippen molar-refractivity contribution in [1.29, 1.82) is 0 Å². The van der Waals surface area contributed by atoms with E-state index in [9.17, 15) is 9.59 Å². The molecule has 0 atom stereocenters. The second-order valence-corrected chi connectivity index (χ2v) is 6.35. The molecule has 4 rings (SSSR count). The standard InChI is InChI=1S/C20H19N2O3.HI/c1-12-21(2)17-18(22(12)8-9-25-3)20(24)16-11-14-7-5-4-6-13(14)10-15(16)19(17)23;/h4-7,10-11H,8-9H2,1-3H3;1H/q+1;/p-1. The highest BCUT2D eigenvalue weighted by atomic mass is 127. The lowest BCUT2D eigenvalue weighted by Crippen LogP contribution is -3.00. The van der Waals surface area contributed by atoms with Gasteiger partial charge >= 0.3 is 0 Å². The average molecular weight is 462 g/mol. The Bertz CT molecular complexity index is 1050. The van der Waals surface area contributed by atoms with Gasteiger partial charge in [0.15, 0.2) is 0 Å². The lowest BCUT2D eigenvalue weighted by molar-refractivity contribution is -0.679. The summed E-state index contributed by atoms with van der Waals surface area (Å²) in [6, 6.07) is 11.4. The lowest BCUT2D eigenvalue weighted by atomic mass is 9.87. The van der Waals surface area contributed by atoms with Crippen molar-refractivity contribution in [2.45, 2.75) is 13.5 Å². The quantitative estimate of drug-likeness (QED) is 0.296. The van der Waals surface area contributed by atoms with Gasteiger partial charge in [0.25, 0.3) is 5.82 Å². The fourth-order valence-corrected chi connectivity index (χ4v) is 3.61. The van der Waals surface area contributed by atoms with Crippen LogP contribution >= 0.6 is 0 Å². The third-order valence-corrected chi connectivity index (χ3v) is 5.03. The molecule has 1 aliphatic carbocycles. The number of halogens is 1. The second-order valence-electron chi connectivity index (χ2n) is 6.35. The van der Waals surface area contributed by atoms with Gasteiger partial charge in [0.05, 0.1) is 13.7 Å². The van der Waals surface area contributed by atoms with Gasteiger partial charge < -0.3 is 28.7 Å². The SMILES string of the molecule is COCCn1c2c([n+](C)c1C)C(=O)c1cc3ccccc3cc1C2=O.[I-]. The minimum atomic E-state index is -0.102. The Hall–Kier alpha value is -2.06. The number of hydrogen-bond acceptors (Lipinski definition) is 3. The van der Waals surface area contributed by atoms with E-state index in [2.05, 4.69) is 0 Å². The molecule has 0 fully saturated rings. The van der Waals surface area contributed by atoms with E-state index in [1.807, 2.05) is 59.5 Å². The summed E-state index contributed by atoms with van der Waals surface area (Å²) in [6.07, 6.45) is 0. The number of hydrogen-bond donors (Lipinski definition) is 0. The van der Waals surface area contributed by atoms with E-state index in [-0.39, 0.29) is 35.5 Å². The first-order chi connectivity index (χ1) is 12.0. The van der Waals surface area contributed by atoms with Crippen LogP contribution in [0.4, 0.5) is 0 Å². The zero-order chi connectivity index (χ0) is 17.7. The van der Waals surface area contributed by atoms with Gasteiger partial charge in [-0.25, -0.2) is 9.13 Å².